The molecule has 2 N–H and O–H groups in total. The number of carbonyl (C=O) groups excluding carboxylic acids is 2. The molecule has 1 aliphatic rings. The molecule has 3 unspecified atom stereocenters. The van der Waals surface area contributed by atoms with Gasteiger partial charge >= 0.3 is 0 Å². The number of likely N-dealkylation sites (tertiary alicyclic amines) is 1. The fourth-order valence-corrected chi connectivity index (χ4v) is 3.01. The molecule has 22 heavy (non-hydrogen) atoms. The molecule has 3 atom stereocenters. The number of nitrogens with zero attached hydrogens (tertiary/aromatic N) is 1. The van der Waals surface area contributed by atoms with Crippen molar-refractivity contribution in [1.82, 2.24) is 4.90 Å². The number of rotatable bonds is 3. The highest BCUT2D eigenvalue weighted by molar-refractivity contribution is 6.04. The zero-order chi connectivity index (χ0) is 16.3. The quantitative estimate of drug-likeness (QED) is 0.898. The van der Waals surface area contributed by atoms with E-state index in [1.807, 2.05) is 4.90 Å². The first-order valence-electron chi connectivity index (χ1n) is 7.75. The Balaban J connectivity index is 2.21. The van der Waals surface area contributed by atoms with E-state index in [9.17, 15) is 14.7 Å². The van der Waals surface area contributed by atoms with E-state index < -0.39 is 12.0 Å². The average molecular weight is 304 g/mol. The minimum absolute atomic E-state index is 0.0695. The van der Waals surface area contributed by atoms with Crippen LogP contribution in [0.15, 0.2) is 24.3 Å². The Morgan fingerprint density at radius 2 is 1.82 bits per heavy atom. The summed E-state index contributed by atoms with van der Waals surface area (Å²) in [5.74, 6) is 0.374. The van der Waals surface area contributed by atoms with Crippen molar-refractivity contribution in [2.75, 3.05) is 18.4 Å². The largest absolute Gasteiger partial charge is 0.384 e. The summed E-state index contributed by atoms with van der Waals surface area (Å²) in [4.78, 5) is 26.3. The Kier molecular flexibility index (Phi) is 5.19. The standard InChI is InChI=1S/C17H24N2O3/c1-11-8-12(2)10-19(9-11)17(22)14-6-4-5-7-15(14)18-16(21)13(3)20/h4-7,11-13,20H,8-10H2,1-3H3,(H,18,21). The first kappa shape index (κ1) is 16.5. The molecule has 120 valence electrons. The zero-order valence-electron chi connectivity index (χ0n) is 13.4. The molecule has 5 nitrogen and oxygen atoms in total. The van der Waals surface area contributed by atoms with E-state index in [0.29, 0.717) is 23.1 Å². The summed E-state index contributed by atoms with van der Waals surface area (Å²) < 4.78 is 0. The highest BCUT2D eigenvalue weighted by Gasteiger charge is 2.27. The van der Waals surface area contributed by atoms with Gasteiger partial charge in [0.25, 0.3) is 11.8 Å². The molecule has 2 amide bonds. The molecule has 0 radical (unpaired) electrons. The summed E-state index contributed by atoms with van der Waals surface area (Å²) in [7, 11) is 0. The van der Waals surface area contributed by atoms with Gasteiger partial charge in [-0.1, -0.05) is 26.0 Å². The van der Waals surface area contributed by atoms with Gasteiger partial charge in [0.15, 0.2) is 0 Å². The van der Waals surface area contributed by atoms with Gasteiger partial charge in [-0.2, -0.15) is 0 Å². The van der Waals surface area contributed by atoms with Crippen LogP contribution in [0.3, 0.4) is 0 Å². The fraction of sp³-hybridized carbons (Fsp3) is 0.529. The number of hydrogen-bond donors (Lipinski definition) is 2. The minimum Gasteiger partial charge on any atom is -0.384 e. The third kappa shape index (κ3) is 3.85. The van der Waals surface area contributed by atoms with E-state index in [4.69, 9.17) is 0 Å². The molecule has 1 aromatic carbocycles. The Labute approximate surface area is 131 Å². The van der Waals surface area contributed by atoms with Crippen LogP contribution < -0.4 is 5.32 Å². The number of aliphatic hydroxyl groups excluding tert-OH is 1. The van der Waals surface area contributed by atoms with Gasteiger partial charge in [0, 0.05) is 13.1 Å². The number of nitrogens with one attached hydrogen (secondary N) is 1. The molecule has 0 aliphatic carbocycles. The first-order chi connectivity index (χ1) is 10.4. The van der Waals surface area contributed by atoms with Crippen LogP contribution in [-0.2, 0) is 4.79 Å². The lowest BCUT2D eigenvalue weighted by Gasteiger charge is -2.35. The summed E-state index contributed by atoms with van der Waals surface area (Å²) in [6.07, 6.45) is 0.0164. The summed E-state index contributed by atoms with van der Waals surface area (Å²) in [6, 6.07) is 6.94. The number of para-hydroxylation sites is 1. The van der Waals surface area contributed by atoms with Gasteiger partial charge in [0.2, 0.25) is 0 Å². The van der Waals surface area contributed by atoms with E-state index in [-0.39, 0.29) is 5.91 Å². The van der Waals surface area contributed by atoms with Crippen LogP contribution in [0.1, 0.15) is 37.6 Å². The SMILES string of the molecule is CC1CC(C)CN(C(=O)c2ccccc2NC(=O)C(C)O)C1. The van der Waals surface area contributed by atoms with Crippen molar-refractivity contribution in [3.63, 3.8) is 0 Å². The highest BCUT2D eigenvalue weighted by Crippen LogP contribution is 2.25. The van der Waals surface area contributed by atoms with E-state index in [1.54, 1.807) is 24.3 Å². The van der Waals surface area contributed by atoms with Crippen LogP contribution in [0.2, 0.25) is 0 Å². The fourth-order valence-electron chi connectivity index (χ4n) is 3.01. The molecule has 1 aromatic rings. The summed E-state index contributed by atoms with van der Waals surface area (Å²) in [6.45, 7) is 7.17. The van der Waals surface area contributed by atoms with Gasteiger partial charge in [-0.25, -0.2) is 0 Å². The monoisotopic (exact) mass is 304 g/mol. The summed E-state index contributed by atoms with van der Waals surface area (Å²) in [5, 5.41) is 11.9. The van der Waals surface area contributed by atoms with Crippen molar-refractivity contribution >= 4 is 17.5 Å². The molecular weight excluding hydrogens is 280 g/mol. The molecule has 1 saturated heterocycles. The van der Waals surface area contributed by atoms with Crippen molar-refractivity contribution < 1.29 is 14.7 Å². The molecule has 2 rings (SSSR count). The Morgan fingerprint density at radius 1 is 1.23 bits per heavy atom. The van der Waals surface area contributed by atoms with Crippen LogP contribution in [-0.4, -0.2) is 41.0 Å². The Bertz CT molecular complexity index is 547. The lowest BCUT2D eigenvalue weighted by Crippen LogP contribution is -2.42. The van der Waals surface area contributed by atoms with Gasteiger partial charge in [0.1, 0.15) is 6.10 Å². The van der Waals surface area contributed by atoms with Crippen LogP contribution in [0.25, 0.3) is 0 Å². The van der Waals surface area contributed by atoms with Gasteiger partial charge in [0.05, 0.1) is 11.3 Å². The number of hydrogen-bond acceptors (Lipinski definition) is 3. The second-order valence-electron chi connectivity index (χ2n) is 6.37. The van der Waals surface area contributed by atoms with Crippen LogP contribution in [0.5, 0.6) is 0 Å². The van der Waals surface area contributed by atoms with Crippen molar-refractivity contribution in [1.29, 1.82) is 0 Å². The predicted molar refractivity (Wildman–Crippen MR) is 85.6 cm³/mol. The molecule has 0 saturated carbocycles. The third-order valence-corrected chi connectivity index (χ3v) is 3.95. The third-order valence-electron chi connectivity index (χ3n) is 3.95. The number of aliphatic hydroxyl groups is 1. The molecule has 5 heteroatoms. The lowest BCUT2D eigenvalue weighted by atomic mass is 9.91. The maximum absolute atomic E-state index is 12.8. The Morgan fingerprint density at radius 3 is 2.41 bits per heavy atom. The molecule has 0 bridgehead atoms. The predicted octanol–water partition coefficient (Wildman–Crippen LogP) is 2.12. The topological polar surface area (TPSA) is 69.6 Å². The molecule has 0 aromatic heterocycles. The van der Waals surface area contributed by atoms with Crippen molar-refractivity contribution in [2.24, 2.45) is 11.8 Å². The van der Waals surface area contributed by atoms with Crippen molar-refractivity contribution in [2.45, 2.75) is 33.3 Å². The molecule has 1 heterocycles. The van der Waals surface area contributed by atoms with E-state index in [1.165, 1.54) is 6.92 Å². The number of amides is 2. The molecule has 1 fully saturated rings. The first-order valence-corrected chi connectivity index (χ1v) is 7.75. The number of piperidine rings is 1. The van der Waals surface area contributed by atoms with Gasteiger partial charge in [-0.05, 0) is 37.3 Å². The maximum atomic E-state index is 12.8. The maximum Gasteiger partial charge on any atom is 0.255 e. The van der Waals surface area contributed by atoms with E-state index in [0.717, 1.165) is 19.5 Å². The second kappa shape index (κ2) is 6.92. The van der Waals surface area contributed by atoms with Crippen molar-refractivity contribution in [3.05, 3.63) is 29.8 Å². The summed E-state index contributed by atoms with van der Waals surface area (Å²) >= 11 is 0. The lowest BCUT2D eigenvalue weighted by molar-refractivity contribution is -0.123. The average Bonchev–Trinajstić information content (AvgIpc) is 2.46. The van der Waals surface area contributed by atoms with Crippen LogP contribution >= 0.6 is 0 Å². The van der Waals surface area contributed by atoms with E-state index in [2.05, 4.69) is 19.2 Å². The van der Waals surface area contributed by atoms with Gasteiger partial charge in [-0.15, -0.1) is 0 Å². The van der Waals surface area contributed by atoms with Crippen molar-refractivity contribution in [3.8, 4) is 0 Å². The van der Waals surface area contributed by atoms with Crippen LogP contribution in [0, 0.1) is 11.8 Å². The second-order valence-corrected chi connectivity index (χ2v) is 6.37. The minimum atomic E-state index is -1.11. The number of carbonyl (C=O) groups is 2. The van der Waals surface area contributed by atoms with Gasteiger partial charge in [-0.3, -0.25) is 9.59 Å². The number of anilines is 1. The highest BCUT2D eigenvalue weighted by atomic mass is 16.3. The smallest absolute Gasteiger partial charge is 0.255 e. The Hall–Kier alpha value is -1.88. The molecular formula is C17H24N2O3. The van der Waals surface area contributed by atoms with Crippen LogP contribution in [0.4, 0.5) is 5.69 Å². The number of benzene rings is 1. The van der Waals surface area contributed by atoms with E-state index >= 15 is 0 Å². The molecule has 0 spiro atoms. The molecule has 1 aliphatic heterocycles. The normalized spacial score (nSPS) is 23.0. The summed E-state index contributed by atoms with van der Waals surface area (Å²) in [5.41, 5.74) is 0.919. The van der Waals surface area contributed by atoms with Gasteiger partial charge < -0.3 is 15.3 Å². The zero-order valence-corrected chi connectivity index (χ0v) is 13.4.